The van der Waals surface area contributed by atoms with Crippen LogP contribution in [0.2, 0.25) is 0 Å². The highest BCUT2D eigenvalue weighted by atomic mass is 79.9. The van der Waals surface area contributed by atoms with Gasteiger partial charge in [-0.05, 0) is 65.5 Å². The summed E-state index contributed by atoms with van der Waals surface area (Å²) in [6, 6.07) is 2.98. The van der Waals surface area contributed by atoms with Crippen molar-refractivity contribution in [1.82, 2.24) is 29.7 Å². The zero-order valence-electron chi connectivity index (χ0n) is 19.3. The van der Waals surface area contributed by atoms with Crippen LogP contribution >= 0.6 is 27.7 Å². The lowest BCUT2D eigenvalue weighted by Gasteiger charge is -2.34. The van der Waals surface area contributed by atoms with Crippen molar-refractivity contribution in [3.8, 4) is 23.0 Å². The van der Waals surface area contributed by atoms with Gasteiger partial charge in [-0.2, -0.15) is 0 Å². The first-order chi connectivity index (χ1) is 17.3. The number of ether oxygens (including phenoxy) is 2. The monoisotopic (exact) mass is 577 g/mol. The Morgan fingerprint density at radius 1 is 1.28 bits per heavy atom. The minimum atomic E-state index is -1.21. The molecule has 0 aromatic heterocycles. The molecule has 4 aliphatic rings. The predicted octanol–water partition coefficient (Wildman–Crippen LogP) is 2.90. The van der Waals surface area contributed by atoms with Crippen molar-refractivity contribution in [2.45, 2.75) is 42.4 Å². The Kier molecular flexibility index (Phi) is 6.79. The topological polar surface area (TPSA) is 158 Å². The molecule has 0 spiro atoms. The number of nitrogen functional groups attached to an aromatic ring is 1. The fourth-order valence-corrected chi connectivity index (χ4v) is 5.68. The number of carboxylic acid groups (broad SMARTS) is 1. The van der Waals surface area contributed by atoms with E-state index in [4.69, 9.17) is 25.3 Å². The molecule has 1 aromatic rings. The van der Waals surface area contributed by atoms with Gasteiger partial charge in [-0.3, -0.25) is 4.79 Å². The van der Waals surface area contributed by atoms with Crippen LogP contribution in [0, 0.1) is 5.92 Å². The first-order valence-electron chi connectivity index (χ1n) is 11.3. The van der Waals surface area contributed by atoms with E-state index in [-0.39, 0.29) is 12.7 Å². The van der Waals surface area contributed by atoms with E-state index in [0.29, 0.717) is 59.5 Å². The Labute approximate surface area is 219 Å². The number of nitrogens with zero attached hydrogens (tertiary/aromatic N) is 5. The Morgan fingerprint density at radius 3 is 2.72 bits per heavy atom. The van der Waals surface area contributed by atoms with Gasteiger partial charge in [0.15, 0.2) is 34.0 Å². The molecule has 4 N–H and O–H groups in total. The summed E-state index contributed by atoms with van der Waals surface area (Å²) in [4.78, 5) is 39.6. The first-order valence-corrected chi connectivity index (χ1v) is 12.9. The lowest BCUT2D eigenvalue weighted by atomic mass is 9.96. The summed E-state index contributed by atoms with van der Waals surface area (Å²) in [6.07, 6.45) is 2.03. The Balaban J connectivity index is 1.28. The van der Waals surface area contributed by atoms with Crippen LogP contribution in [0.15, 0.2) is 33.0 Å². The number of hydrogen-bond acceptors (Lipinski definition) is 9. The fourth-order valence-electron chi connectivity index (χ4n) is 4.32. The number of halogens is 1. The largest absolute Gasteiger partial charge is 0.465 e. The van der Waals surface area contributed by atoms with Crippen molar-refractivity contribution < 1.29 is 24.2 Å². The van der Waals surface area contributed by atoms with Gasteiger partial charge < -0.3 is 35.1 Å². The second-order valence-corrected chi connectivity index (χ2v) is 10.5. The summed E-state index contributed by atoms with van der Waals surface area (Å²) in [5, 5.41) is 11.6. The van der Waals surface area contributed by atoms with Gasteiger partial charge in [0.2, 0.25) is 12.7 Å². The molecule has 36 heavy (non-hydrogen) atoms. The van der Waals surface area contributed by atoms with Crippen LogP contribution in [0.3, 0.4) is 0 Å². The molecule has 0 bridgehead atoms. The average Bonchev–Trinajstić information content (AvgIpc) is 3.48. The van der Waals surface area contributed by atoms with E-state index < -0.39 is 12.1 Å². The molecule has 4 aliphatic heterocycles. The number of likely N-dealkylation sites (tertiary alicyclic amines) is 1. The minimum absolute atomic E-state index is 0.195. The first kappa shape index (κ1) is 24.4. The van der Waals surface area contributed by atoms with Gasteiger partial charge in [0.25, 0.3) is 0 Å². The highest BCUT2D eigenvalue weighted by Gasteiger charge is 2.28. The maximum Gasteiger partial charge on any atom is 0.405 e. The molecule has 0 saturated carbocycles. The summed E-state index contributed by atoms with van der Waals surface area (Å²) >= 11 is 4.95. The lowest BCUT2D eigenvalue weighted by Crippen LogP contribution is -2.49. The number of nitrogens with two attached hydrogens (primary N) is 1. The normalized spacial score (nSPS) is 16.3. The van der Waals surface area contributed by atoms with Gasteiger partial charge in [0, 0.05) is 29.0 Å². The summed E-state index contributed by atoms with van der Waals surface area (Å²) in [5.41, 5.74) is 6.65. The van der Waals surface area contributed by atoms with Crippen LogP contribution in [0.4, 0.5) is 10.6 Å². The maximum absolute atomic E-state index is 12.5. The Bertz CT molecular complexity index is 1280. The van der Waals surface area contributed by atoms with Crippen molar-refractivity contribution in [2.75, 3.05) is 25.6 Å². The summed E-state index contributed by atoms with van der Waals surface area (Å²) in [6.45, 7) is 3.53. The van der Waals surface area contributed by atoms with Crippen LogP contribution in [0.5, 0.6) is 11.5 Å². The van der Waals surface area contributed by atoms with E-state index in [1.165, 1.54) is 11.8 Å². The third-order valence-electron chi connectivity index (χ3n) is 6.19. The maximum atomic E-state index is 12.5. The molecule has 12 nitrogen and oxygen atoms in total. The molecule has 0 aliphatic carbocycles. The number of carbonyl (C=O) groups is 2. The molecule has 0 unspecified atom stereocenters. The molecule has 1 fully saturated rings. The highest BCUT2D eigenvalue weighted by Crippen LogP contribution is 2.43. The molecule has 5 rings (SSSR count). The van der Waals surface area contributed by atoms with E-state index >= 15 is 0 Å². The molecule has 2 amide bonds. The number of carbonyl (C=O) groups excluding carboxylic acids is 1. The summed E-state index contributed by atoms with van der Waals surface area (Å²) in [5.74, 6) is 2.41. The van der Waals surface area contributed by atoms with Crippen molar-refractivity contribution in [2.24, 2.45) is 5.92 Å². The summed E-state index contributed by atoms with van der Waals surface area (Å²) in [7, 11) is 0. The number of piperidine rings is 1. The van der Waals surface area contributed by atoms with Crippen molar-refractivity contribution in [3.63, 3.8) is 0 Å². The fraction of sp³-hybridized carbons (Fsp3) is 0.409. The van der Waals surface area contributed by atoms with E-state index in [1.54, 1.807) is 18.2 Å². The van der Waals surface area contributed by atoms with Crippen LogP contribution < -0.4 is 20.5 Å². The second-order valence-electron chi connectivity index (χ2n) is 8.64. The average molecular weight is 578 g/mol. The molecular formula is C22H24BrN7O5S. The SMILES string of the molecule is C[C@@H](NC(=O)O)C(=O)N1CCC(Cn2cnc(N)c3nc(Sc4cc5c(cc4Br)OCO5)nc2-3)CC1. The van der Waals surface area contributed by atoms with Crippen molar-refractivity contribution in [3.05, 3.63) is 22.9 Å². The quantitative estimate of drug-likeness (QED) is 0.397. The molecule has 190 valence electrons. The number of rotatable bonds is 6. The van der Waals surface area contributed by atoms with E-state index in [2.05, 4.69) is 31.2 Å². The highest BCUT2D eigenvalue weighted by molar-refractivity contribution is 9.10. The van der Waals surface area contributed by atoms with Gasteiger partial charge in [-0.25, -0.2) is 19.7 Å². The van der Waals surface area contributed by atoms with Crippen LogP contribution in [0.1, 0.15) is 19.8 Å². The smallest absolute Gasteiger partial charge is 0.405 e. The van der Waals surface area contributed by atoms with Crippen LogP contribution in [-0.4, -0.2) is 67.5 Å². The third-order valence-corrected chi connectivity index (χ3v) is 8.03. The zero-order chi connectivity index (χ0) is 25.4. The molecule has 0 radical (unpaired) electrons. The molecular weight excluding hydrogens is 554 g/mol. The predicted molar refractivity (Wildman–Crippen MR) is 133 cm³/mol. The number of anilines is 1. The molecule has 1 aromatic carbocycles. The zero-order valence-corrected chi connectivity index (χ0v) is 21.7. The second kappa shape index (κ2) is 10.0. The number of aromatic nitrogens is 4. The molecule has 1 atom stereocenters. The van der Waals surface area contributed by atoms with Gasteiger partial charge in [0.05, 0.1) is 6.33 Å². The number of hydrogen-bond donors (Lipinski definition) is 3. The van der Waals surface area contributed by atoms with Gasteiger partial charge in [0.1, 0.15) is 6.04 Å². The van der Waals surface area contributed by atoms with E-state index in [1.807, 2.05) is 16.7 Å². The van der Waals surface area contributed by atoms with Crippen molar-refractivity contribution in [1.29, 1.82) is 0 Å². The van der Waals surface area contributed by atoms with Crippen LogP contribution in [-0.2, 0) is 11.3 Å². The number of nitrogens with one attached hydrogen (secondary N) is 1. The van der Waals surface area contributed by atoms with Gasteiger partial charge >= 0.3 is 6.09 Å². The van der Waals surface area contributed by atoms with Gasteiger partial charge in [-0.1, -0.05) is 0 Å². The molecule has 1 saturated heterocycles. The molecule has 14 heteroatoms. The number of imidazole rings is 1. The standard InChI is InChI=1S/C22H24BrN7O5S/c1-11(26-22(32)33)20(31)29-4-2-12(3-5-29)8-30-9-25-18(24)17-19(30)28-21(27-17)36-16-7-15-14(6-13(16)23)34-10-35-15/h6-7,9,11-12,26H,2-5,8,10,24H2,1H3,(H,32,33)/t11-/m1/s1. The third kappa shape index (κ3) is 5.00. The van der Waals surface area contributed by atoms with Crippen LogP contribution in [0.25, 0.3) is 11.5 Å². The Morgan fingerprint density at radius 2 is 2.00 bits per heavy atom. The van der Waals surface area contributed by atoms with Crippen molar-refractivity contribution >= 4 is 45.5 Å². The van der Waals surface area contributed by atoms with Gasteiger partial charge in [-0.15, -0.1) is 0 Å². The van der Waals surface area contributed by atoms with E-state index in [9.17, 15) is 9.59 Å². The Hall–Kier alpha value is -3.26. The minimum Gasteiger partial charge on any atom is -0.465 e. The number of fused-ring (bicyclic) bond motifs is 2. The molecule has 4 heterocycles. The lowest BCUT2D eigenvalue weighted by molar-refractivity contribution is -0.134. The summed E-state index contributed by atoms with van der Waals surface area (Å²) < 4.78 is 13.7. The van der Waals surface area contributed by atoms with E-state index in [0.717, 1.165) is 22.2 Å². The number of benzene rings is 1. The number of amides is 2.